The molecule has 0 spiro atoms. The summed E-state index contributed by atoms with van der Waals surface area (Å²) in [4.78, 5) is 12.3. The number of carbonyl (C=O) groups excluding carboxylic acids is 1. The smallest absolute Gasteiger partial charge is 0.357 e. The van der Waals surface area contributed by atoms with Gasteiger partial charge in [-0.3, -0.25) is 0 Å². The van der Waals surface area contributed by atoms with Gasteiger partial charge in [0.2, 0.25) is 0 Å². The molecule has 0 bridgehead atoms. The van der Waals surface area contributed by atoms with Crippen molar-refractivity contribution in [3.63, 3.8) is 0 Å². The Morgan fingerprint density at radius 1 is 1.19 bits per heavy atom. The normalized spacial score (nSPS) is 18.8. The van der Waals surface area contributed by atoms with Crippen LogP contribution in [-0.4, -0.2) is 43.0 Å². The van der Waals surface area contributed by atoms with Gasteiger partial charge in [0.25, 0.3) is 0 Å². The van der Waals surface area contributed by atoms with Gasteiger partial charge in [-0.15, -0.1) is 0 Å². The van der Waals surface area contributed by atoms with Gasteiger partial charge in [-0.05, 0) is 31.6 Å². The monoisotopic (exact) mass is 397 g/mol. The standard InChI is InChI=1S/C17H28F2O6S/c1-13(2)16(9-7-5-4-6-8-10-16)25-15(20)14(3)11-24-12-17(18,19)26(21,22)23/h13H,3-12H2,1-2H3,(H,21,22,23)/p-1. The van der Waals surface area contributed by atoms with E-state index in [0.717, 1.165) is 44.9 Å². The van der Waals surface area contributed by atoms with Crippen LogP contribution in [0.5, 0.6) is 0 Å². The van der Waals surface area contributed by atoms with E-state index < -0.39 is 40.2 Å². The Balaban J connectivity index is 2.64. The second-order valence-electron chi connectivity index (χ2n) is 7.06. The van der Waals surface area contributed by atoms with Crippen LogP contribution in [0.15, 0.2) is 12.2 Å². The molecule has 0 unspecified atom stereocenters. The molecule has 1 aliphatic rings. The molecule has 9 heteroatoms. The lowest BCUT2D eigenvalue weighted by Crippen LogP contribution is -2.41. The second kappa shape index (κ2) is 9.23. The van der Waals surface area contributed by atoms with E-state index in [1.165, 1.54) is 0 Å². The molecule has 0 radical (unpaired) electrons. The van der Waals surface area contributed by atoms with E-state index in [-0.39, 0.29) is 11.5 Å². The molecule has 0 amide bonds. The zero-order valence-corrected chi connectivity index (χ0v) is 16.1. The summed E-state index contributed by atoms with van der Waals surface area (Å²) in [6.45, 7) is 5.12. The van der Waals surface area contributed by atoms with Gasteiger partial charge in [-0.2, -0.15) is 8.78 Å². The van der Waals surface area contributed by atoms with Gasteiger partial charge in [0, 0.05) is 0 Å². The molecule has 152 valence electrons. The van der Waals surface area contributed by atoms with Gasteiger partial charge >= 0.3 is 11.2 Å². The molecule has 0 aliphatic heterocycles. The molecule has 0 aromatic carbocycles. The first kappa shape index (κ1) is 23.0. The average Bonchev–Trinajstić information content (AvgIpc) is 2.48. The maximum Gasteiger partial charge on any atom is 0.357 e. The molecule has 0 saturated heterocycles. The third-order valence-electron chi connectivity index (χ3n) is 4.75. The zero-order valence-electron chi connectivity index (χ0n) is 15.3. The van der Waals surface area contributed by atoms with Crippen LogP contribution in [0.1, 0.15) is 58.8 Å². The molecule has 1 fully saturated rings. The summed E-state index contributed by atoms with van der Waals surface area (Å²) in [5, 5.41) is -4.56. The maximum absolute atomic E-state index is 13.0. The summed E-state index contributed by atoms with van der Waals surface area (Å²) < 4.78 is 67.5. The van der Waals surface area contributed by atoms with Crippen LogP contribution in [-0.2, 0) is 24.4 Å². The predicted molar refractivity (Wildman–Crippen MR) is 90.6 cm³/mol. The summed E-state index contributed by atoms with van der Waals surface area (Å²) >= 11 is 0. The van der Waals surface area contributed by atoms with E-state index >= 15 is 0 Å². The van der Waals surface area contributed by atoms with Crippen molar-refractivity contribution in [2.75, 3.05) is 13.2 Å². The average molecular weight is 397 g/mol. The van der Waals surface area contributed by atoms with E-state index in [1.807, 2.05) is 13.8 Å². The molecule has 0 aromatic heterocycles. The van der Waals surface area contributed by atoms with Gasteiger partial charge < -0.3 is 14.0 Å². The molecule has 0 atom stereocenters. The van der Waals surface area contributed by atoms with E-state index in [0.29, 0.717) is 0 Å². The molecule has 0 N–H and O–H groups in total. The van der Waals surface area contributed by atoms with Crippen LogP contribution in [0.3, 0.4) is 0 Å². The molecular formula is C17H27F2O6S-. The fraction of sp³-hybridized carbons (Fsp3) is 0.824. The summed E-state index contributed by atoms with van der Waals surface area (Å²) in [6, 6.07) is 0. The molecule has 0 heterocycles. The Morgan fingerprint density at radius 2 is 1.69 bits per heavy atom. The molecule has 1 saturated carbocycles. The number of halogens is 2. The van der Waals surface area contributed by atoms with E-state index in [4.69, 9.17) is 4.74 Å². The van der Waals surface area contributed by atoms with Gasteiger partial charge in [0.05, 0.1) is 12.2 Å². The lowest BCUT2D eigenvalue weighted by atomic mass is 9.79. The Labute approximate surface area is 153 Å². The minimum absolute atomic E-state index is 0.0770. The van der Waals surface area contributed by atoms with Crippen LogP contribution in [0.25, 0.3) is 0 Å². The van der Waals surface area contributed by atoms with E-state index in [9.17, 15) is 26.5 Å². The van der Waals surface area contributed by atoms with Gasteiger partial charge in [-0.25, -0.2) is 13.2 Å². The quantitative estimate of drug-likeness (QED) is 0.354. The Hall–Kier alpha value is -1.06. The van der Waals surface area contributed by atoms with Gasteiger partial charge in [0.1, 0.15) is 12.2 Å². The molecule has 6 nitrogen and oxygen atoms in total. The van der Waals surface area contributed by atoms with Gasteiger partial charge in [0.15, 0.2) is 10.1 Å². The molecule has 1 rings (SSSR count). The van der Waals surface area contributed by atoms with E-state index in [1.54, 1.807) is 0 Å². The summed E-state index contributed by atoms with van der Waals surface area (Å²) in [7, 11) is -5.83. The zero-order chi connectivity index (χ0) is 20.0. The number of rotatable bonds is 8. The van der Waals surface area contributed by atoms with Crippen LogP contribution in [0.4, 0.5) is 8.78 Å². The van der Waals surface area contributed by atoms with Crippen LogP contribution >= 0.6 is 0 Å². The van der Waals surface area contributed by atoms with Crippen LogP contribution < -0.4 is 0 Å². The number of hydrogen-bond donors (Lipinski definition) is 0. The maximum atomic E-state index is 13.0. The summed E-state index contributed by atoms with van der Waals surface area (Å²) in [6.07, 6.45) is 6.58. The third-order valence-corrected chi connectivity index (χ3v) is 5.60. The number of esters is 1. The van der Waals surface area contributed by atoms with Crippen molar-refractivity contribution in [3.8, 4) is 0 Å². The number of ether oxygens (including phenoxy) is 2. The molecule has 26 heavy (non-hydrogen) atoms. The highest BCUT2D eigenvalue weighted by atomic mass is 32.2. The number of carbonyl (C=O) groups is 1. The topological polar surface area (TPSA) is 92.7 Å². The van der Waals surface area contributed by atoms with Crippen molar-refractivity contribution in [3.05, 3.63) is 12.2 Å². The van der Waals surface area contributed by atoms with Crippen molar-refractivity contribution >= 4 is 16.1 Å². The fourth-order valence-electron chi connectivity index (χ4n) is 2.98. The number of hydrogen-bond acceptors (Lipinski definition) is 6. The van der Waals surface area contributed by atoms with Crippen molar-refractivity contribution in [1.29, 1.82) is 0 Å². The largest absolute Gasteiger partial charge is 0.743 e. The fourth-order valence-corrected chi connectivity index (χ4v) is 3.21. The third kappa shape index (κ3) is 6.28. The van der Waals surface area contributed by atoms with Crippen LogP contribution in [0.2, 0.25) is 0 Å². The summed E-state index contributed by atoms with van der Waals surface area (Å²) in [5.74, 6) is -0.680. The van der Waals surface area contributed by atoms with Crippen molar-refractivity contribution in [1.82, 2.24) is 0 Å². The van der Waals surface area contributed by atoms with Gasteiger partial charge in [-0.1, -0.05) is 39.7 Å². The van der Waals surface area contributed by atoms with Crippen molar-refractivity contribution in [2.45, 2.75) is 69.6 Å². The predicted octanol–water partition coefficient (Wildman–Crippen LogP) is 3.38. The lowest BCUT2D eigenvalue weighted by Gasteiger charge is -2.39. The van der Waals surface area contributed by atoms with E-state index in [2.05, 4.69) is 11.3 Å². The Kier molecular flexibility index (Phi) is 8.16. The summed E-state index contributed by atoms with van der Waals surface area (Å²) in [5.41, 5.74) is -0.839. The highest BCUT2D eigenvalue weighted by molar-refractivity contribution is 7.86. The lowest BCUT2D eigenvalue weighted by molar-refractivity contribution is -0.164. The SMILES string of the molecule is C=C(COCC(F)(F)S(=O)(=O)[O-])C(=O)OC1(C(C)C)CCCCCCC1. The minimum Gasteiger partial charge on any atom is -0.743 e. The van der Waals surface area contributed by atoms with Crippen molar-refractivity contribution in [2.24, 2.45) is 5.92 Å². The first-order valence-corrected chi connectivity index (χ1v) is 10.1. The minimum atomic E-state index is -5.83. The highest BCUT2D eigenvalue weighted by Gasteiger charge is 2.39. The molecule has 1 aliphatic carbocycles. The highest BCUT2D eigenvalue weighted by Crippen LogP contribution is 2.36. The first-order valence-electron chi connectivity index (χ1n) is 8.73. The van der Waals surface area contributed by atoms with Crippen molar-refractivity contribution < 1.29 is 36.0 Å². The van der Waals surface area contributed by atoms with Crippen LogP contribution in [0, 0.1) is 5.92 Å². The number of alkyl halides is 2. The molecule has 0 aromatic rings. The molecular weight excluding hydrogens is 370 g/mol. The Morgan fingerprint density at radius 3 is 2.15 bits per heavy atom. The Bertz CT molecular complexity index is 592. The second-order valence-corrected chi connectivity index (χ2v) is 8.57. The first-order chi connectivity index (χ1) is 11.9.